The van der Waals surface area contributed by atoms with Crippen LogP contribution in [0.1, 0.15) is 0 Å². The van der Waals surface area contributed by atoms with Gasteiger partial charge >= 0.3 is 0 Å². The zero-order valence-corrected chi connectivity index (χ0v) is 12.2. The number of nitrogens with one attached hydrogen (secondary N) is 2. The lowest BCUT2D eigenvalue weighted by atomic mass is 10.1. The lowest BCUT2D eigenvalue weighted by molar-refractivity contribution is 0.580. The molecule has 0 aliphatic carbocycles. The number of rotatable bonds is 4. The fourth-order valence-corrected chi connectivity index (χ4v) is 2.42. The average molecular weight is 302 g/mol. The summed E-state index contributed by atoms with van der Waals surface area (Å²) >= 11 is 0. The molecule has 0 aliphatic heterocycles. The third-order valence-electron chi connectivity index (χ3n) is 3.51. The topological polar surface area (TPSA) is 66.7 Å². The summed E-state index contributed by atoms with van der Waals surface area (Å²) in [7, 11) is 0. The predicted molar refractivity (Wildman–Crippen MR) is 89.2 cm³/mol. The highest BCUT2D eigenvalue weighted by molar-refractivity contribution is 5.80. The van der Waals surface area contributed by atoms with Gasteiger partial charge in [-0.3, -0.25) is 5.10 Å². The minimum atomic E-state index is 0.736. The summed E-state index contributed by atoms with van der Waals surface area (Å²) in [5.74, 6) is 1.49. The van der Waals surface area contributed by atoms with E-state index in [1.807, 2.05) is 42.5 Å². The first-order valence-corrected chi connectivity index (χ1v) is 7.26. The number of nitrogens with zero attached hydrogens (tertiary/aromatic N) is 2. The van der Waals surface area contributed by atoms with E-state index in [9.17, 15) is 0 Å². The Morgan fingerprint density at radius 3 is 2.61 bits per heavy atom. The molecule has 0 atom stereocenters. The summed E-state index contributed by atoms with van der Waals surface area (Å²) in [5.41, 5.74) is 3.74. The third kappa shape index (κ3) is 2.72. The van der Waals surface area contributed by atoms with Crippen molar-refractivity contribution in [3.8, 4) is 22.6 Å². The number of pyridine rings is 1. The van der Waals surface area contributed by atoms with Crippen molar-refractivity contribution in [2.24, 2.45) is 0 Å². The monoisotopic (exact) mass is 302 g/mol. The Labute approximate surface area is 133 Å². The number of aromatic nitrogens is 3. The van der Waals surface area contributed by atoms with Crippen LogP contribution < -0.4 is 5.32 Å². The molecule has 3 heterocycles. The fourth-order valence-electron chi connectivity index (χ4n) is 2.42. The van der Waals surface area contributed by atoms with E-state index in [4.69, 9.17) is 9.40 Å². The van der Waals surface area contributed by atoms with Crippen LogP contribution in [0.4, 0.5) is 11.5 Å². The van der Waals surface area contributed by atoms with Gasteiger partial charge in [-0.15, -0.1) is 0 Å². The number of aromatic amines is 1. The molecule has 3 aromatic heterocycles. The summed E-state index contributed by atoms with van der Waals surface area (Å²) in [6.07, 6.45) is 5.15. The molecule has 0 bridgehead atoms. The molecule has 0 amide bonds. The number of hydrogen-bond donors (Lipinski definition) is 2. The van der Waals surface area contributed by atoms with Crippen LogP contribution in [0.5, 0.6) is 0 Å². The highest BCUT2D eigenvalue weighted by Gasteiger charge is 2.11. The van der Waals surface area contributed by atoms with Gasteiger partial charge < -0.3 is 9.73 Å². The summed E-state index contributed by atoms with van der Waals surface area (Å²) in [4.78, 5) is 4.72. The number of benzene rings is 1. The normalized spacial score (nSPS) is 10.6. The lowest BCUT2D eigenvalue weighted by Crippen LogP contribution is -1.97. The second-order valence-electron chi connectivity index (χ2n) is 5.05. The van der Waals surface area contributed by atoms with Gasteiger partial charge in [0.2, 0.25) is 0 Å². The Hall–Kier alpha value is -3.34. The van der Waals surface area contributed by atoms with Gasteiger partial charge in [-0.1, -0.05) is 30.3 Å². The first-order chi connectivity index (χ1) is 11.4. The average Bonchev–Trinajstić information content (AvgIpc) is 3.29. The Morgan fingerprint density at radius 2 is 1.87 bits per heavy atom. The van der Waals surface area contributed by atoms with Crippen molar-refractivity contribution in [2.75, 3.05) is 5.32 Å². The van der Waals surface area contributed by atoms with Gasteiger partial charge in [0.25, 0.3) is 0 Å². The largest absolute Gasteiger partial charge is 0.463 e. The molecule has 0 saturated heterocycles. The first kappa shape index (κ1) is 13.3. The smallest absolute Gasteiger partial charge is 0.152 e. The zero-order chi connectivity index (χ0) is 15.5. The molecule has 112 valence electrons. The molecular formula is C18H14N4O. The van der Waals surface area contributed by atoms with Crippen LogP contribution in [0.3, 0.4) is 0 Å². The fraction of sp³-hybridized carbons (Fsp3) is 0. The second-order valence-corrected chi connectivity index (χ2v) is 5.05. The van der Waals surface area contributed by atoms with Crippen molar-refractivity contribution in [2.45, 2.75) is 0 Å². The van der Waals surface area contributed by atoms with Crippen LogP contribution in [0, 0.1) is 0 Å². The van der Waals surface area contributed by atoms with Crippen molar-refractivity contribution in [3.63, 3.8) is 0 Å². The van der Waals surface area contributed by atoms with Gasteiger partial charge in [-0.2, -0.15) is 5.10 Å². The van der Waals surface area contributed by atoms with Gasteiger partial charge in [0.05, 0.1) is 18.1 Å². The number of anilines is 2. The van der Waals surface area contributed by atoms with E-state index >= 15 is 0 Å². The highest BCUT2D eigenvalue weighted by atomic mass is 16.3. The molecule has 0 fully saturated rings. The van der Waals surface area contributed by atoms with Crippen LogP contribution >= 0.6 is 0 Å². The highest BCUT2D eigenvalue weighted by Crippen LogP contribution is 2.31. The molecular weight excluding hydrogens is 288 g/mol. The van der Waals surface area contributed by atoms with E-state index < -0.39 is 0 Å². The van der Waals surface area contributed by atoms with Crippen molar-refractivity contribution >= 4 is 11.5 Å². The van der Waals surface area contributed by atoms with Gasteiger partial charge in [0.15, 0.2) is 5.76 Å². The molecule has 5 heteroatoms. The summed E-state index contributed by atoms with van der Waals surface area (Å²) < 4.78 is 5.45. The van der Waals surface area contributed by atoms with E-state index in [0.29, 0.717) is 0 Å². The molecule has 5 nitrogen and oxygen atoms in total. The molecule has 23 heavy (non-hydrogen) atoms. The number of hydrogen-bond acceptors (Lipinski definition) is 4. The number of furan rings is 1. The first-order valence-electron chi connectivity index (χ1n) is 7.26. The molecule has 0 saturated carbocycles. The van der Waals surface area contributed by atoms with Crippen LogP contribution in [-0.4, -0.2) is 15.2 Å². The van der Waals surface area contributed by atoms with Crippen molar-refractivity contribution in [1.82, 2.24) is 15.2 Å². The molecule has 0 spiro atoms. The summed E-state index contributed by atoms with van der Waals surface area (Å²) in [6, 6.07) is 17.9. The number of H-pyrrole nitrogens is 1. The van der Waals surface area contributed by atoms with Crippen molar-refractivity contribution in [1.29, 1.82) is 0 Å². The maximum atomic E-state index is 5.45. The zero-order valence-electron chi connectivity index (χ0n) is 12.2. The third-order valence-corrected chi connectivity index (χ3v) is 3.51. The Kier molecular flexibility index (Phi) is 3.37. The van der Waals surface area contributed by atoms with E-state index in [1.165, 1.54) is 0 Å². The molecule has 4 aromatic rings. The molecule has 1 aromatic carbocycles. The van der Waals surface area contributed by atoms with Crippen LogP contribution in [0.25, 0.3) is 22.6 Å². The minimum absolute atomic E-state index is 0.736. The van der Waals surface area contributed by atoms with Crippen LogP contribution in [0.2, 0.25) is 0 Å². The van der Waals surface area contributed by atoms with Crippen LogP contribution in [-0.2, 0) is 0 Å². The SMILES string of the molecule is c1ccc(-c2ccc(-c3ccco3)nc2Nc2cn[nH]c2)cc1. The summed E-state index contributed by atoms with van der Waals surface area (Å²) in [6.45, 7) is 0. The summed E-state index contributed by atoms with van der Waals surface area (Å²) in [5, 5.41) is 10.1. The lowest BCUT2D eigenvalue weighted by Gasteiger charge is -2.11. The molecule has 2 N–H and O–H groups in total. The van der Waals surface area contributed by atoms with Gasteiger partial charge in [0.1, 0.15) is 11.5 Å². The van der Waals surface area contributed by atoms with Crippen molar-refractivity contribution in [3.05, 3.63) is 73.3 Å². The Morgan fingerprint density at radius 1 is 0.957 bits per heavy atom. The predicted octanol–water partition coefficient (Wildman–Crippen LogP) is 4.48. The standard InChI is InChI=1S/C18H14N4O/c1-2-5-13(6-3-1)15-8-9-16(17-7-4-10-23-17)22-18(15)21-14-11-19-20-12-14/h1-12H,(H,19,20)(H,21,22). The van der Waals surface area contributed by atoms with Gasteiger partial charge in [-0.25, -0.2) is 4.98 Å². The van der Waals surface area contributed by atoms with Crippen LogP contribution in [0.15, 0.2) is 77.7 Å². The molecule has 0 radical (unpaired) electrons. The Balaban J connectivity index is 1.81. The van der Waals surface area contributed by atoms with Gasteiger partial charge in [-0.05, 0) is 29.8 Å². The van der Waals surface area contributed by atoms with Gasteiger partial charge in [0, 0.05) is 11.8 Å². The minimum Gasteiger partial charge on any atom is -0.463 e. The Bertz CT molecular complexity index is 884. The molecule has 0 unspecified atom stereocenters. The van der Waals surface area contributed by atoms with E-state index in [0.717, 1.165) is 34.1 Å². The quantitative estimate of drug-likeness (QED) is 0.583. The maximum Gasteiger partial charge on any atom is 0.152 e. The van der Waals surface area contributed by atoms with E-state index in [-0.39, 0.29) is 0 Å². The van der Waals surface area contributed by atoms with E-state index in [1.54, 1.807) is 18.7 Å². The molecule has 0 aliphatic rings. The molecule has 4 rings (SSSR count). The maximum absolute atomic E-state index is 5.45. The second kappa shape index (κ2) is 5.81. The van der Waals surface area contributed by atoms with E-state index in [2.05, 4.69) is 27.6 Å². The van der Waals surface area contributed by atoms with Crippen molar-refractivity contribution < 1.29 is 4.42 Å².